The van der Waals surface area contributed by atoms with Crippen molar-refractivity contribution in [1.29, 1.82) is 0 Å². The fraction of sp³-hybridized carbons (Fsp3) is 0.474. The minimum absolute atomic E-state index is 0.322. The van der Waals surface area contributed by atoms with E-state index in [1.165, 1.54) is 10.6 Å². The third-order valence-corrected chi connectivity index (χ3v) is 6.86. The molecule has 1 aromatic heterocycles. The van der Waals surface area contributed by atoms with Crippen LogP contribution in [-0.2, 0) is 4.79 Å². The quantitative estimate of drug-likeness (QED) is 0.716. The molecule has 5 nitrogen and oxygen atoms in total. The van der Waals surface area contributed by atoms with Gasteiger partial charge in [-0.05, 0) is 49.7 Å². The van der Waals surface area contributed by atoms with Gasteiger partial charge in [0.05, 0.1) is 10.6 Å². The highest BCUT2D eigenvalue weighted by atomic mass is 32.2. The molecule has 0 spiro atoms. The molecule has 0 saturated heterocycles. The van der Waals surface area contributed by atoms with Crippen molar-refractivity contribution in [1.82, 2.24) is 10.2 Å². The van der Waals surface area contributed by atoms with Crippen molar-refractivity contribution < 1.29 is 9.90 Å². The van der Waals surface area contributed by atoms with Gasteiger partial charge in [-0.15, -0.1) is 11.8 Å². The van der Waals surface area contributed by atoms with Gasteiger partial charge in [0.15, 0.2) is 0 Å². The molecule has 1 saturated carbocycles. The van der Waals surface area contributed by atoms with E-state index in [4.69, 9.17) is 10.8 Å². The van der Waals surface area contributed by atoms with Crippen LogP contribution < -0.4 is 5.73 Å². The summed E-state index contributed by atoms with van der Waals surface area (Å²) >= 11 is 1.89. The third kappa shape index (κ3) is 3.27. The maximum Gasteiger partial charge on any atom is 0.303 e. The van der Waals surface area contributed by atoms with E-state index in [2.05, 4.69) is 10.2 Å². The van der Waals surface area contributed by atoms with Crippen molar-refractivity contribution in [3.63, 3.8) is 0 Å². The smallest absolute Gasteiger partial charge is 0.303 e. The molecule has 2 aromatic rings. The maximum atomic E-state index is 10.9. The van der Waals surface area contributed by atoms with Crippen molar-refractivity contribution in [3.8, 4) is 11.3 Å². The largest absolute Gasteiger partial charge is 0.481 e. The minimum atomic E-state index is -0.663. The zero-order chi connectivity index (χ0) is 17.4. The van der Waals surface area contributed by atoms with Crippen LogP contribution in [0.5, 0.6) is 0 Å². The number of nitrogens with two attached hydrogens (primary N) is 1. The number of anilines is 1. The summed E-state index contributed by atoms with van der Waals surface area (Å²) < 4.78 is 0. The number of thioether (sulfide) groups is 1. The molecule has 2 heterocycles. The lowest BCUT2D eigenvalue weighted by Crippen LogP contribution is -2.22. The number of hydrogen-bond donors (Lipinski definition) is 3. The lowest BCUT2D eigenvalue weighted by atomic mass is 9.74. The summed E-state index contributed by atoms with van der Waals surface area (Å²) in [5, 5.41) is 16.8. The summed E-state index contributed by atoms with van der Waals surface area (Å²) in [4.78, 5) is 12.2. The number of aromatic amines is 1. The van der Waals surface area contributed by atoms with E-state index in [1.54, 1.807) is 0 Å². The first-order chi connectivity index (χ1) is 12.1. The molecule has 2 aliphatic rings. The third-order valence-electron chi connectivity index (χ3n) is 5.63. The molecule has 132 valence electrons. The number of H-pyrrole nitrogens is 1. The van der Waals surface area contributed by atoms with E-state index in [0.29, 0.717) is 24.2 Å². The number of aliphatic carboxylic acids is 1. The average Bonchev–Trinajstić information content (AvgIpc) is 3.18. The first-order valence-corrected chi connectivity index (χ1v) is 9.89. The Kier molecular flexibility index (Phi) is 4.46. The Labute approximate surface area is 151 Å². The summed E-state index contributed by atoms with van der Waals surface area (Å²) in [6.07, 6.45) is 4.64. The highest BCUT2D eigenvalue weighted by Gasteiger charge is 2.36. The maximum absolute atomic E-state index is 10.9. The van der Waals surface area contributed by atoms with E-state index in [0.717, 1.165) is 48.4 Å². The number of carboxylic acid groups (broad SMARTS) is 1. The van der Waals surface area contributed by atoms with Gasteiger partial charge >= 0.3 is 5.97 Å². The van der Waals surface area contributed by atoms with Gasteiger partial charge in [0.1, 0.15) is 5.69 Å². The van der Waals surface area contributed by atoms with Crippen LogP contribution in [0.3, 0.4) is 0 Å². The van der Waals surface area contributed by atoms with Gasteiger partial charge in [0.25, 0.3) is 0 Å². The van der Waals surface area contributed by atoms with E-state index in [1.807, 2.05) is 36.0 Å². The molecule has 6 heteroatoms. The summed E-state index contributed by atoms with van der Waals surface area (Å²) in [5.74, 6) is 1.94. The molecular formula is C19H23N3O2S. The molecule has 4 rings (SSSR count). The highest BCUT2D eigenvalue weighted by Crippen LogP contribution is 2.50. The number of aromatic nitrogens is 2. The Balaban J connectivity index is 1.48. The predicted octanol–water partition coefficient (Wildman–Crippen LogP) is 4.13. The van der Waals surface area contributed by atoms with Gasteiger partial charge in [-0.25, -0.2) is 0 Å². The number of nitrogens with one attached hydrogen (secondary N) is 1. The molecule has 4 N–H and O–H groups in total. The number of rotatable bonds is 4. The molecular weight excluding hydrogens is 334 g/mol. The van der Waals surface area contributed by atoms with Crippen molar-refractivity contribution in [3.05, 3.63) is 30.0 Å². The van der Waals surface area contributed by atoms with Crippen LogP contribution in [0.4, 0.5) is 5.69 Å². The second kappa shape index (κ2) is 6.75. The number of benzene rings is 1. The summed E-state index contributed by atoms with van der Waals surface area (Å²) in [6.45, 7) is 0. The number of nitrogen functional groups attached to an aromatic ring is 1. The summed E-state index contributed by atoms with van der Waals surface area (Å²) in [6, 6.07) is 7.88. The van der Waals surface area contributed by atoms with Gasteiger partial charge < -0.3 is 10.8 Å². The number of hydrogen-bond acceptors (Lipinski definition) is 4. The topological polar surface area (TPSA) is 92.0 Å². The van der Waals surface area contributed by atoms with Gasteiger partial charge in [0.2, 0.25) is 0 Å². The van der Waals surface area contributed by atoms with E-state index in [-0.39, 0.29) is 0 Å². The molecule has 25 heavy (non-hydrogen) atoms. The molecule has 0 bridgehead atoms. The molecule has 1 atom stereocenters. The van der Waals surface area contributed by atoms with Crippen LogP contribution in [0, 0.1) is 11.8 Å². The van der Waals surface area contributed by atoms with Crippen LogP contribution in [0.15, 0.2) is 29.2 Å². The number of carboxylic acids is 1. The van der Waals surface area contributed by atoms with E-state index in [9.17, 15) is 4.79 Å². The second-order valence-electron chi connectivity index (χ2n) is 7.23. The van der Waals surface area contributed by atoms with Crippen LogP contribution in [-0.4, -0.2) is 27.0 Å². The molecule has 1 fully saturated rings. The highest BCUT2D eigenvalue weighted by molar-refractivity contribution is 7.99. The molecule has 1 aromatic carbocycles. The van der Waals surface area contributed by atoms with Crippen LogP contribution in [0.2, 0.25) is 0 Å². The SMILES string of the molecule is Nc1ccc(-c2n[nH]c3c2SCC3C2CCC(CC(=O)O)CC2)cc1. The van der Waals surface area contributed by atoms with Crippen molar-refractivity contribution in [2.75, 3.05) is 11.5 Å². The van der Waals surface area contributed by atoms with E-state index >= 15 is 0 Å². The van der Waals surface area contributed by atoms with Gasteiger partial charge in [-0.1, -0.05) is 12.1 Å². The molecule has 0 radical (unpaired) electrons. The Morgan fingerprint density at radius 1 is 1.24 bits per heavy atom. The van der Waals surface area contributed by atoms with Crippen LogP contribution in [0.1, 0.15) is 43.7 Å². The van der Waals surface area contributed by atoms with Crippen LogP contribution >= 0.6 is 11.8 Å². The van der Waals surface area contributed by atoms with Gasteiger partial charge in [-0.2, -0.15) is 5.10 Å². The molecule has 0 amide bonds. The first-order valence-electron chi connectivity index (χ1n) is 8.90. The molecule has 1 aliphatic heterocycles. The Morgan fingerprint density at radius 2 is 1.96 bits per heavy atom. The normalized spacial score (nSPS) is 25.7. The Bertz CT molecular complexity index is 763. The van der Waals surface area contributed by atoms with Crippen molar-refractivity contribution >= 4 is 23.4 Å². The van der Waals surface area contributed by atoms with E-state index < -0.39 is 5.97 Å². The van der Waals surface area contributed by atoms with Gasteiger partial charge in [0, 0.05) is 29.3 Å². The summed E-state index contributed by atoms with van der Waals surface area (Å²) in [7, 11) is 0. The average molecular weight is 357 g/mol. The first kappa shape index (κ1) is 16.5. The number of fused-ring (bicyclic) bond motifs is 1. The zero-order valence-electron chi connectivity index (χ0n) is 14.1. The van der Waals surface area contributed by atoms with Crippen molar-refractivity contribution in [2.24, 2.45) is 11.8 Å². The van der Waals surface area contributed by atoms with Crippen molar-refractivity contribution in [2.45, 2.75) is 42.9 Å². The lowest BCUT2D eigenvalue weighted by Gasteiger charge is -2.31. The molecule has 1 aliphatic carbocycles. The fourth-order valence-electron chi connectivity index (χ4n) is 4.25. The monoisotopic (exact) mass is 357 g/mol. The van der Waals surface area contributed by atoms with Gasteiger partial charge in [-0.3, -0.25) is 9.89 Å². The number of carbonyl (C=O) groups is 1. The molecule has 1 unspecified atom stereocenters. The minimum Gasteiger partial charge on any atom is -0.481 e. The standard InChI is InChI=1S/C19H23N3O2S/c20-14-7-5-13(6-8-14)17-19-18(22-21-17)15(10-25-19)12-3-1-11(2-4-12)9-16(23)24/h5-8,11-12,15H,1-4,9-10,20H2,(H,21,22)(H,23,24). The number of nitrogens with zero attached hydrogens (tertiary/aromatic N) is 1. The summed E-state index contributed by atoms with van der Waals surface area (Å²) in [5.41, 5.74) is 9.96. The second-order valence-corrected chi connectivity index (χ2v) is 8.26. The fourth-order valence-corrected chi connectivity index (χ4v) is 5.69. The predicted molar refractivity (Wildman–Crippen MR) is 99.6 cm³/mol. The Hall–Kier alpha value is -1.95. The zero-order valence-corrected chi connectivity index (χ0v) is 14.9. The van der Waals surface area contributed by atoms with Crippen LogP contribution in [0.25, 0.3) is 11.3 Å². The lowest BCUT2D eigenvalue weighted by molar-refractivity contribution is -0.138. The Morgan fingerprint density at radius 3 is 2.64 bits per heavy atom.